The lowest BCUT2D eigenvalue weighted by molar-refractivity contribution is 0.112. The van der Waals surface area contributed by atoms with Gasteiger partial charge in [0, 0.05) is 18.8 Å². The normalized spacial score (nSPS) is 12.0. The van der Waals surface area contributed by atoms with E-state index in [1.54, 1.807) is 0 Å². The summed E-state index contributed by atoms with van der Waals surface area (Å²) >= 11 is 0. The monoisotopic (exact) mass is 285 g/mol. The first-order chi connectivity index (χ1) is 10.2. The Labute approximate surface area is 126 Å². The van der Waals surface area contributed by atoms with E-state index in [0.29, 0.717) is 13.2 Å². The van der Waals surface area contributed by atoms with E-state index in [2.05, 4.69) is 36.9 Å². The molecular formula is C18H23NO2. The van der Waals surface area contributed by atoms with E-state index in [1.807, 2.05) is 36.4 Å². The molecule has 3 heteroatoms. The maximum Gasteiger partial charge on any atom is 0.119 e. The van der Waals surface area contributed by atoms with E-state index >= 15 is 0 Å². The summed E-state index contributed by atoms with van der Waals surface area (Å²) in [5.74, 6) is 0.787. The van der Waals surface area contributed by atoms with Gasteiger partial charge >= 0.3 is 0 Å². The van der Waals surface area contributed by atoms with Crippen LogP contribution in [0.15, 0.2) is 54.6 Å². The highest BCUT2D eigenvalue weighted by Gasteiger charge is 2.12. The molecule has 0 heterocycles. The van der Waals surface area contributed by atoms with E-state index in [0.717, 1.165) is 18.0 Å². The number of likely N-dealkylation sites (N-methyl/N-ethyl adjacent to an activating group) is 1. The summed E-state index contributed by atoms with van der Waals surface area (Å²) in [4.78, 5) is 2.16. The quantitative estimate of drug-likeness (QED) is 0.847. The standard InChI is InChI=1S/C18H23NO2/c1-3-19(16-9-7-8-15(2)12-16)13-17(20)14-21-18-10-5-4-6-11-18/h4-12,17,20H,3,13-14H2,1-2H3. The molecule has 1 N–H and O–H groups in total. The molecule has 2 aromatic carbocycles. The first-order valence-electron chi connectivity index (χ1n) is 7.36. The molecule has 0 fully saturated rings. The molecule has 2 aromatic rings. The van der Waals surface area contributed by atoms with Crippen LogP contribution in [0, 0.1) is 6.92 Å². The van der Waals surface area contributed by atoms with Crippen LogP contribution in [-0.4, -0.2) is 30.9 Å². The lowest BCUT2D eigenvalue weighted by Gasteiger charge is -2.26. The number of anilines is 1. The van der Waals surface area contributed by atoms with Crippen LogP contribution >= 0.6 is 0 Å². The van der Waals surface area contributed by atoms with Crippen molar-refractivity contribution >= 4 is 5.69 Å². The van der Waals surface area contributed by atoms with Crippen LogP contribution < -0.4 is 9.64 Å². The number of benzene rings is 2. The number of hydrogen-bond donors (Lipinski definition) is 1. The van der Waals surface area contributed by atoms with Crippen molar-refractivity contribution in [2.24, 2.45) is 0 Å². The number of aliphatic hydroxyl groups excluding tert-OH is 1. The third-order valence-corrected chi connectivity index (χ3v) is 3.37. The zero-order valence-electron chi connectivity index (χ0n) is 12.7. The van der Waals surface area contributed by atoms with Crippen LogP contribution in [0.25, 0.3) is 0 Å². The van der Waals surface area contributed by atoms with Gasteiger partial charge in [0.15, 0.2) is 0 Å². The maximum atomic E-state index is 10.2. The molecule has 0 saturated heterocycles. The fourth-order valence-corrected chi connectivity index (χ4v) is 2.26. The zero-order chi connectivity index (χ0) is 15.1. The fraction of sp³-hybridized carbons (Fsp3) is 0.333. The molecule has 21 heavy (non-hydrogen) atoms. The summed E-state index contributed by atoms with van der Waals surface area (Å²) in [6, 6.07) is 17.9. The Bertz CT molecular complexity index is 542. The Kier molecular flexibility index (Phi) is 5.64. The number of para-hydroxylation sites is 1. The number of aliphatic hydroxyl groups is 1. The minimum Gasteiger partial charge on any atom is -0.491 e. The molecule has 0 saturated carbocycles. The largest absolute Gasteiger partial charge is 0.491 e. The van der Waals surface area contributed by atoms with Crippen LogP contribution in [0.2, 0.25) is 0 Å². The van der Waals surface area contributed by atoms with Gasteiger partial charge in [-0.2, -0.15) is 0 Å². The molecule has 0 aliphatic rings. The SMILES string of the molecule is CCN(CC(O)COc1ccccc1)c1cccc(C)c1. The maximum absolute atomic E-state index is 10.2. The average molecular weight is 285 g/mol. The molecule has 1 unspecified atom stereocenters. The summed E-state index contributed by atoms with van der Waals surface area (Å²) in [6.07, 6.45) is -0.523. The van der Waals surface area contributed by atoms with Crippen LogP contribution in [-0.2, 0) is 0 Å². The highest BCUT2D eigenvalue weighted by molar-refractivity contribution is 5.48. The van der Waals surface area contributed by atoms with Crippen LogP contribution in [0.3, 0.4) is 0 Å². The van der Waals surface area contributed by atoms with Crippen LogP contribution in [0.5, 0.6) is 5.75 Å². The van der Waals surface area contributed by atoms with Crippen LogP contribution in [0.1, 0.15) is 12.5 Å². The molecule has 0 aliphatic carbocycles. The minimum atomic E-state index is -0.523. The Morgan fingerprint density at radius 3 is 2.52 bits per heavy atom. The van der Waals surface area contributed by atoms with Crippen molar-refractivity contribution in [2.45, 2.75) is 20.0 Å². The summed E-state index contributed by atoms with van der Waals surface area (Å²) in [6.45, 7) is 5.88. The molecule has 1 atom stereocenters. The highest BCUT2D eigenvalue weighted by Crippen LogP contribution is 2.16. The second kappa shape index (κ2) is 7.70. The van der Waals surface area contributed by atoms with E-state index < -0.39 is 6.10 Å². The Hall–Kier alpha value is -2.00. The third-order valence-electron chi connectivity index (χ3n) is 3.37. The number of ether oxygens (including phenoxy) is 1. The van der Waals surface area contributed by atoms with Gasteiger partial charge in [-0.05, 0) is 43.7 Å². The van der Waals surface area contributed by atoms with Gasteiger partial charge < -0.3 is 14.7 Å². The van der Waals surface area contributed by atoms with Crippen LogP contribution in [0.4, 0.5) is 5.69 Å². The number of aryl methyl sites for hydroxylation is 1. The molecule has 0 aliphatic heterocycles. The molecular weight excluding hydrogens is 262 g/mol. The van der Waals surface area contributed by atoms with E-state index in [1.165, 1.54) is 5.56 Å². The van der Waals surface area contributed by atoms with Crippen molar-refractivity contribution in [1.82, 2.24) is 0 Å². The molecule has 0 bridgehead atoms. The lowest BCUT2D eigenvalue weighted by atomic mass is 10.2. The van der Waals surface area contributed by atoms with Gasteiger partial charge in [0.1, 0.15) is 18.5 Å². The topological polar surface area (TPSA) is 32.7 Å². The van der Waals surface area contributed by atoms with Gasteiger partial charge in [0.2, 0.25) is 0 Å². The first kappa shape index (κ1) is 15.4. The Morgan fingerprint density at radius 1 is 1.10 bits per heavy atom. The molecule has 0 spiro atoms. The van der Waals surface area contributed by atoms with Gasteiger partial charge in [-0.1, -0.05) is 30.3 Å². The van der Waals surface area contributed by atoms with Gasteiger partial charge in [-0.3, -0.25) is 0 Å². The number of nitrogens with zero attached hydrogens (tertiary/aromatic N) is 1. The Balaban J connectivity index is 1.89. The third kappa shape index (κ3) is 4.80. The van der Waals surface area contributed by atoms with Crippen molar-refractivity contribution in [2.75, 3.05) is 24.6 Å². The van der Waals surface area contributed by atoms with Crippen molar-refractivity contribution in [3.05, 3.63) is 60.2 Å². The van der Waals surface area contributed by atoms with E-state index in [9.17, 15) is 5.11 Å². The van der Waals surface area contributed by atoms with Gasteiger partial charge in [0.25, 0.3) is 0 Å². The summed E-state index contributed by atoms with van der Waals surface area (Å²) in [5, 5.41) is 10.2. The second-order valence-electron chi connectivity index (χ2n) is 5.16. The summed E-state index contributed by atoms with van der Waals surface area (Å²) in [5.41, 5.74) is 2.36. The molecule has 2 rings (SSSR count). The zero-order valence-corrected chi connectivity index (χ0v) is 12.7. The highest BCUT2D eigenvalue weighted by atomic mass is 16.5. The second-order valence-corrected chi connectivity index (χ2v) is 5.16. The lowest BCUT2D eigenvalue weighted by Crippen LogP contribution is -2.35. The molecule has 0 aromatic heterocycles. The summed E-state index contributed by atoms with van der Waals surface area (Å²) in [7, 11) is 0. The molecule has 3 nitrogen and oxygen atoms in total. The molecule has 0 amide bonds. The van der Waals surface area contributed by atoms with E-state index in [4.69, 9.17) is 4.74 Å². The van der Waals surface area contributed by atoms with Gasteiger partial charge in [0.05, 0.1) is 0 Å². The minimum absolute atomic E-state index is 0.298. The van der Waals surface area contributed by atoms with Crippen molar-refractivity contribution in [1.29, 1.82) is 0 Å². The van der Waals surface area contributed by atoms with Gasteiger partial charge in [-0.15, -0.1) is 0 Å². The fourth-order valence-electron chi connectivity index (χ4n) is 2.26. The first-order valence-corrected chi connectivity index (χ1v) is 7.36. The molecule has 112 valence electrons. The smallest absolute Gasteiger partial charge is 0.119 e. The average Bonchev–Trinajstić information content (AvgIpc) is 2.51. The van der Waals surface area contributed by atoms with Gasteiger partial charge in [-0.25, -0.2) is 0 Å². The van der Waals surface area contributed by atoms with Crippen molar-refractivity contribution in [3.8, 4) is 5.75 Å². The molecule has 0 radical (unpaired) electrons. The number of rotatable bonds is 7. The predicted octanol–water partition coefficient (Wildman–Crippen LogP) is 3.26. The van der Waals surface area contributed by atoms with E-state index in [-0.39, 0.29) is 0 Å². The number of hydrogen-bond acceptors (Lipinski definition) is 3. The van der Waals surface area contributed by atoms with Crippen molar-refractivity contribution in [3.63, 3.8) is 0 Å². The predicted molar refractivity (Wildman–Crippen MR) is 87.0 cm³/mol. The summed E-state index contributed by atoms with van der Waals surface area (Å²) < 4.78 is 5.60. The van der Waals surface area contributed by atoms with Crippen molar-refractivity contribution < 1.29 is 9.84 Å². The Morgan fingerprint density at radius 2 is 1.86 bits per heavy atom.